The molecular formula is C5H11N3Sn. The molecule has 3 nitrogen and oxygen atoms in total. The second-order valence-corrected chi connectivity index (χ2v) is 16.7. The molecule has 1 aromatic rings. The van der Waals surface area contributed by atoms with Gasteiger partial charge in [-0.1, -0.05) is 0 Å². The van der Waals surface area contributed by atoms with Gasteiger partial charge in [0.25, 0.3) is 0 Å². The van der Waals surface area contributed by atoms with Crippen molar-refractivity contribution in [2.24, 2.45) is 0 Å². The minimum atomic E-state index is -1.91. The first-order chi connectivity index (χ1) is 4.11. The predicted molar refractivity (Wildman–Crippen MR) is 38.8 cm³/mol. The van der Waals surface area contributed by atoms with E-state index in [1.54, 1.807) is 6.20 Å². The summed E-state index contributed by atoms with van der Waals surface area (Å²) >= 11 is -1.91. The van der Waals surface area contributed by atoms with Crippen LogP contribution in [0.4, 0.5) is 0 Å². The molecule has 0 aliphatic rings. The Kier molecular flexibility index (Phi) is 1.79. The van der Waals surface area contributed by atoms with Crippen LogP contribution in [0.25, 0.3) is 0 Å². The molecule has 0 aliphatic carbocycles. The average Bonchev–Trinajstić information content (AvgIpc) is 2.08. The topological polar surface area (TPSA) is 30.7 Å². The van der Waals surface area contributed by atoms with Crippen molar-refractivity contribution in [3.05, 3.63) is 12.4 Å². The second kappa shape index (κ2) is 2.28. The maximum atomic E-state index is 3.95. The number of nitrogens with zero attached hydrogens (tertiary/aromatic N) is 3. The van der Waals surface area contributed by atoms with Gasteiger partial charge in [0.2, 0.25) is 0 Å². The Morgan fingerprint density at radius 1 is 1.33 bits per heavy atom. The number of rotatable bonds is 1. The molecule has 0 radical (unpaired) electrons. The van der Waals surface area contributed by atoms with Gasteiger partial charge in [-0.05, 0) is 0 Å². The Balaban J connectivity index is 2.90. The van der Waals surface area contributed by atoms with E-state index < -0.39 is 18.7 Å². The summed E-state index contributed by atoms with van der Waals surface area (Å²) in [6.07, 6.45) is 3.69. The zero-order valence-corrected chi connectivity index (χ0v) is 8.85. The van der Waals surface area contributed by atoms with E-state index in [4.69, 9.17) is 0 Å². The molecule has 0 N–H and O–H groups in total. The van der Waals surface area contributed by atoms with Crippen LogP contribution in [-0.2, 0) is 0 Å². The molecular weight excluding hydrogens is 221 g/mol. The van der Waals surface area contributed by atoms with Crippen LogP contribution in [0.15, 0.2) is 12.4 Å². The summed E-state index contributed by atoms with van der Waals surface area (Å²) in [7, 11) is 0. The van der Waals surface area contributed by atoms with Crippen molar-refractivity contribution in [1.29, 1.82) is 0 Å². The molecule has 0 spiro atoms. The quantitative estimate of drug-likeness (QED) is 0.675. The number of hydrogen-bond acceptors (Lipinski definition) is 2. The molecule has 0 bridgehead atoms. The summed E-state index contributed by atoms with van der Waals surface area (Å²) in [5.74, 6) is 0. The standard InChI is InChI=1S/C2H2N3.3CH3.Sn/c1-2-4-5-3-1;;;;/h1-2H;3*1H3;/q-1;;;;+1. The summed E-state index contributed by atoms with van der Waals surface area (Å²) < 4.78 is 2.04. The molecule has 0 amide bonds. The maximum absolute atomic E-state index is 3.95. The van der Waals surface area contributed by atoms with Gasteiger partial charge < -0.3 is 0 Å². The molecule has 1 aromatic heterocycles. The molecule has 0 fully saturated rings. The van der Waals surface area contributed by atoms with E-state index in [0.717, 1.165) is 0 Å². The molecule has 50 valence electrons. The number of hydrogen-bond donors (Lipinski definition) is 0. The van der Waals surface area contributed by atoms with E-state index in [1.807, 2.05) is 9.10 Å². The van der Waals surface area contributed by atoms with E-state index in [2.05, 4.69) is 25.1 Å². The average molecular weight is 232 g/mol. The van der Waals surface area contributed by atoms with Gasteiger partial charge in [0.15, 0.2) is 0 Å². The van der Waals surface area contributed by atoms with E-state index in [9.17, 15) is 0 Å². The zero-order chi connectivity index (χ0) is 6.91. The van der Waals surface area contributed by atoms with Gasteiger partial charge in [-0.25, -0.2) is 0 Å². The Morgan fingerprint density at radius 2 is 2.00 bits per heavy atom. The Bertz CT molecular complexity index is 175. The molecule has 0 unspecified atom stereocenters. The molecule has 9 heavy (non-hydrogen) atoms. The van der Waals surface area contributed by atoms with Crippen LogP contribution in [-0.4, -0.2) is 31.9 Å². The van der Waals surface area contributed by atoms with Crippen LogP contribution in [0, 0.1) is 0 Å². The Morgan fingerprint density at radius 3 is 2.22 bits per heavy atom. The van der Waals surface area contributed by atoms with E-state index >= 15 is 0 Å². The van der Waals surface area contributed by atoms with E-state index in [-0.39, 0.29) is 0 Å². The van der Waals surface area contributed by atoms with Gasteiger partial charge >= 0.3 is 59.1 Å². The van der Waals surface area contributed by atoms with Crippen LogP contribution < -0.4 is 0 Å². The summed E-state index contributed by atoms with van der Waals surface area (Å²) in [6.45, 7) is 0. The van der Waals surface area contributed by atoms with E-state index in [1.165, 1.54) is 0 Å². The van der Waals surface area contributed by atoms with Gasteiger partial charge in [-0.15, -0.1) is 0 Å². The monoisotopic (exact) mass is 233 g/mol. The summed E-state index contributed by atoms with van der Waals surface area (Å²) in [6, 6.07) is 0. The Labute approximate surface area is 59.3 Å². The summed E-state index contributed by atoms with van der Waals surface area (Å²) in [5.41, 5.74) is 0. The first-order valence-corrected chi connectivity index (χ1v) is 12.8. The van der Waals surface area contributed by atoms with Crippen molar-refractivity contribution in [3.8, 4) is 0 Å². The van der Waals surface area contributed by atoms with Crippen molar-refractivity contribution in [2.75, 3.05) is 0 Å². The van der Waals surface area contributed by atoms with Crippen molar-refractivity contribution < 1.29 is 0 Å². The van der Waals surface area contributed by atoms with Crippen LogP contribution in [0.3, 0.4) is 0 Å². The molecule has 0 saturated carbocycles. The Hall–Kier alpha value is -0.0613. The summed E-state index contributed by atoms with van der Waals surface area (Å²) in [4.78, 5) is 6.88. The predicted octanol–water partition coefficient (Wildman–Crippen LogP) is 0.961. The van der Waals surface area contributed by atoms with Gasteiger partial charge in [-0.3, -0.25) is 0 Å². The van der Waals surface area contributed by atoms with Crippen LogP contribution in [0.2, 0.25) is 14.8 Å². The third-order valence-corrected chi connectivity index (χ3v) is 5.71. The third kappa shape index (κ3) is 1.67. The van der Waals surface area contributed by atoms with Crippen molar-refractivity contribution in [2.45, 2.75) is 14.8 Å². The van der Waals surface area contributed by atoms with E-state index in [0.29, 0.717) is 0 Å². The zero-order valence-electron chi connectivity index (χ0n) is 6.00. The third-order valence-electron chi connectivity index (χ3n) is 1.11. The molecule has 4 heteroatoms. The fourth-order valence-electron chi connectivity index (χ4n) is 0.566. The molecule has 0 atom stereocenters. The first-order valence-electron chi connectivity index (χ1n) is 2.97. The molecule has 0 aromatic carbocycles. The molecule has 0 saturated heterocycles. The van der Waals surface area contributed by atoms with Gasteiger partial charge in [0, 0.05) is 0 Å². The van der Waals surface area contributed by atoms with Gasteiger partial charge in [0.05, 0.1) is 0 Å². The van der Waals surface area contributed by atoms with Gasteiger partial charge in [0.1, 0.15) is 0 Å². The van der Waals surface area contributed by atoms with Crippen LogP contribution in [0.5, 0.6) is 0 Å². The molecule has 0 aliphatic heterocycles. The van der Waals surface area contributed by atoms with Crippen molar-refractivity contribution in [1.82, 2.24) is 13.2 Å². The van der Waals surface area contributed by atoms with Crippen molar-refractivity contribution >= 4 is 18.7 Å². The van der Waals surface area contributed by atoms with Crippen molar-refractivity contribution in [3.63, 3.8) is 0 Å². The molecule has 1 rings (SSSR count). The first kappa shape index (κ1) is 7.05. The molecule has 1 heterocycles. The SMILES string of the molecule is [CH3][Sn]([CH3])([CH3])[n]1ccnn1. The fraction of sp³-hybridized carbons (Fsp3) is 0.600. The minimum absolute atomic E-state index is 1.74. The fourth-order valence-corrected chi connectivity index (χ4v) is 2.95. The summed E-state index contributed by atoms with van der Waals surface area (Å²) in [5, 5.41) is 7.70. The van der Waals surface area contributed by atoms with Crippen LogP contribution >= 0.6 is 0 Å². The second-order valence-electron chi connectivity index (χ2n) is 3.02. The van der Waals surface area contributed by atoms with Crippen LogP contribution in [0.1, 0.15) is 0 Å². The van der Waals surface area contributed by atoms with Gasteiger partial charge in [-0.2, -0.15) is 0 Å². The number of aromatic nitrogens is 3. The normalized spacial score (nSPS) is 11.9.